The highest BCUT2D eigenvalue weighted by Gasteiger charge is 2.47. The molecule has 0 N–H and O–H groups in total. The van der Waals surface area contributed by atoms with Gasteiger partial charge in [-0.25, -0.2) is 0 Å². The minimum atomic E-state index is -2.32. The summed E-state index contributed by atoms with van der Waals surface area (Å²) in [5.74, 6) is 0.549. The van der Waals surface area contributed by atoms with Gasteiger partial charge in [-0.2, -0.15) is 0 Å². The van der Waals surface area contributed by atoms with Crippen molar-refractivity contribution >= 4 is 57.2 Å². The molecule has 60 heavy (non-hydrogen) atoms. The minimum Gasteiger partial charge on any atom is -0.311 e. The molecule has 5 aromatic rings. The maximum absolute atomic E-state index is 9.04. The molecule has 5 aromatic carbocycles. The molecule has 0 amide bonds. The highest BCUT2D eigenvalue weighted by atomic mass is 15.2. The van der Waals surface area contributed by atoms with Gasteiger partial charge in [0.2, 0.25) is 0 Å². The molecule has 0 bridgehead atoms. The van der Waals surface area contributed by atoms with Crippen molar-refractivity contribution in [1.29, 1.82) is 0 Å². The molecule has 0 radical (unpaired) electrons. The molecular formula is C57H69BN2. The third-order valence-corrected chi connectivity index (χ3v) is 16.2. The van der Waals surface area contributed by atoms with Crippen LogP contribution < -0.4 is 26.2 Å². The molecule has 1 saturated carbocycles. The van der Waals surface area contributed by atoms with Crippen molar-refractivity contribution in [2.45, 2.75) is 174 Å². The van der Waals surface area contributed by atoms with Crippen LogP contribution in [0.4, 0.5) is 34.1 Å². The van der Waals surface area contributed by atoms with Gasteiger partial charge in [-0.05, 0) is 182 Å². The second-order valence-electron chi connectivity index (χ2n) is 23.2. The number of benzene rings is 5. The maximum atomic E-state index is 9.04. The zero-order valence-corrected chi connectivity index (χ0v) is 38.5. The Morgan fingerprint density at radius 3 is 1.67 bits per heavy atom. The Hall–Kier alpha value is -4.24. The summed E-state index contributed by atoms with van der Waals surface area (Å²) in [5, 5.41) is 0. The molecule has 2 heterocycles. The lowest BCUT2D eigenvalue weighted by atomic mass is 9.33. The van der Waals surface area contributed by atoms with Gasteiger partial charge in [0.05, 0.1) is 0 Å². The number of anilines is 6. The Bertz CT molecular complexity index is 2650. The Balaban J connectivity index is 1.33. The molecule has 3 aliphatic carbocycles. The van der Waals surface area contributed by atoms with E-state index in [0.717, 1.165) is 54.1 Å². The Kier molecular flexibility index (Phi) is 8.12. The van der Waals surface area contributed by atoms with Gasteiger partial charge in [0.1, 0.15) is 0 Å². The number of hydrogen-bond donors (Lipinski definition) is 0. The predicted octanol–water partition coefficient (Wildman–Crippen LogP) is 14.1. The molecule has 3 heteroatoms. The second kappa shape index (κ2) is 13.4. The van der Waals surface area contributed by atoms with Gasteiger partial charge in [-0.1, -0.05) is 132 Å². The summed E-state index contributed by atoms with van der Waals surface area (Å²) in [4.78, 5) is 4.90. The Morgan fingerprint density at radius 2 is 1.07 bits per heavy atom. The molecule has 0 saturated heterocycles. The fourth-order valence-corrected chi connectivity index (χ4v) is 12.2. The summed E-state index contributed by atoms with van der Waals surface area (Å²) in [7, 11) is 0. The molecule has 5 aliphatic rings. The van der Waals surface area contributed by atoms with Crippen molar-refractivity contribution < 1.29 is 4.11 Å². The van der Waals surface area contributed by atoms with Crippen LogP contribution in [0.5, 0.6) is 0 Å². The molecule has 310 valence electrons. The van der Waals surface area contributed by atoms with Gasteiger partial charge in [-0.15, -0.1) is 0 Å². The molecule has 2 aliphatic heterocycles. The highest BCUT2D eigenvalue weighted by molar-refractivity contribution is 7.00. The Morgan fingerprint density at radius 1 is 0.533 bits per heavy atom. The van der Waals surface area contributed by atoms with Crippen LogP contribution in [0.3, 0.4) is 0 Å². The first kappa shape index (κ1) is 36.4. The van der Waals surface area contributed by atoms with E-state index in [9.17, 15) is 0 Å². The zero-order chi connectivity index (χ0) is 44.8. The summed E-state index contributed by atoms with van der Waals surface area (Å²) < 4.78 is 27.1. The fraction of sp³-hybridized carbons (Fsp3) is 0.474. The van der Waals surface area contributed by atoms with E-state index in [0.29, 0.717) is 11.5 Å². The van der Waals surface area contributed by atoms with Gasteiger partial charge < -0.3 is 9.80 Å². The summed E-state index contributed by atoms with van der Waals surface area (Å²) >= 11 is 0. The standard InChI is InChI=1S/C57H69BN2/c1-36-30-50-52-51(31-36)60(41-23-24-42-43(33-41)55(7,8)27-26-54(42,5)6)49-35-45-44(56(9,10)28-29-57(45,11)12)34-47(49)58(52)46-32-38(37-16-14-13-15-17-37)18-25-48(46)59(50)40-21-19-39(20-22-40)53(2,3)4/h18-25,30-35,37H,13-17,26-29H2,1-12H3/i1D3. The minimum absolute atomic E-state index is 0.00299. The van der Waals surface area contributed by atoms with E-state index in [2.05, 4.69) is 159 Å². The van der Waals surface area contributed by atoms with Crippen LogP contribution in [0.15, 0.2) is 84.9 Å². The monoisotopic (exact) mass is 796 g/mol. The summed E-state index contributed by atoms with van der Waals surface area (Å²) in [6, 6.07) is 32.9. The summed E-state index contributed by atoms with van der Waals surface area (Å²) in [6.07, 6.45) is 10.9. The Labute approximate surface area is 367 Å². The van der Waals surface area contributed by atoms with Crippen LogP contribution in [0.1, 0.15) is 183 Å². The van der Waals surface area contributed by atoms with Crippen LogP contribution >= 0.6 is 0 Å². The fourth-order valence-electron chi connectivity index (χ4n) is 12.2. The van der Waals surface area contributed by atoms with Crippen LogP contribution in [0.25, 0.3) is 0 Å². The average molecular weight is 796 g/mol. The number of nitrogens with zero attached hydrogens (tertiary/aromatic N) is 2. The topological polar surface area (TPSA) is 6.48 Å². The molecule has 2 nitrogen and oxygen atoms in total. The smallest absolute Gasteiger partial charge is 0.252 e. The third kappa shape index (κ3) is 6.17. The van der Waals surface area contributed by atoms with Gasteiger partial charge >= 0.3 is 0 Å². The van der Waals surface area contributed by atoms with Crippen molar-refractivity contribution in [3.8, 4) is 0 Å². The molecule has 0 atom stereocenters. The predicted molar refractivity (Wildman–Crippen MR) is 260 cm³/mol. The maximum Gasteiger partial charge on any atom is 0.252 e. The van der Waals surface area contributed by atoms with Crippen LogP contribution in [-0.2, 0) is 27.1 Å². The van der Waals surface area contributed by atoms with Crippen molar-refractivity contribution in [1.82, 2.24) is 0 Å². The van der Waals surface area contributed by atoms with Crippen LogP contribution in [0, 0.1) is 6.85 Å². The highest BCUT2D eigenvalue weighted by Crippen LogP contribution is 2.53. The largest absolute Gasteiger partial charge is 0.311 e. The molecule has 0 unspecified atom stereocenters. The van der Waals surface area contributed by atoms with Crippen molar-refractivity contribution in [3.05, 3.63) is 124 Å². The van der Waals surface area contributed by atoms with E-state index in [1.54, 1.807) is 0 Å². The summed E-state index contributed by atoms with van der Waals surface area (Å²) in [6.45, 7) is 23.8. The van der Waals surface area contributed by atoms with Crippen molar-refractivity contribution in [2.75, 3.05) is 9.80 Å². The quantitative estimate of drug-likeness (QED) is 0.164. The summed E-state index contributed by atoms with van der Waals surface area (Å²) in [5.41, 5.74) is 19.2. The normalized spacial score (nSPS) is 21.7. The first-order valence-corrected chi connectivity index (χ1v) is 23.3. The molecule has 10 rings (SSSR count). The van der Waals surface area contributed by atoms with E-state index in [4.69, 9.17) is 4.11 Å². The van der Waals surface area contributed by atoms with Crippen molar-refractivity contribution in [3.63, 3.8) is 0 Å². The first-order chi connectivity index (χ1) is 29.5. The van der Waals surface area contributed by atoms with E-state index in [1.807, 2.05) is 12.1 Å². The third-order valence-electron chi connectivity index (χ3n) is 16.2. The number of rotatable bonds is 3. The lowest BCUT2D eigenvalue weighted by molar-refractivity contribution is 0.332. The number of fused-ring (bicyclic) bond motifs is 6. The number of hydrogen-bond acceptors (Lipinski definition) is 2. The van der Waals surface area contributed by atoms with Gasteiger partial charge in [0, 0.05) is 38.2 Å². The second-order valence-corrected chi connectivity index (χ2v) is 23.2. The molecule has 0 aromatic heterocycles. The first-order valence-electron chi connectivity index (χ1n) is 24.8. The van der Waals surface area contributed by atoms with E-state index in [1.165, 1.54) is 87.6 Å². The van der Waals surface area contributed by atoms with Gasteiger partial charge in [-0.3, -0.25) is 0 Å². The number of aryl methyl sites for hydroxylation is 1. The lowest BCUT2D eigenvalue weighted by Gasteiger charge is -2.48. The molecule has 0 spiro atoms. The molecule has 1 fully saturated rings. The van der Waals surface area contributed by atoms with E-state index >= 15 is 0 Å². The van der Waals surface area contributed by atoms with Crippen LogP contribution in [-0.4, -0.2) is 6.71 Å². The van der Waals surface area contributed by atoms with Gasteiger partial charge in [0.25, 0.3) is 6.71 Å². The van der Waals surface area contributed by atoms with Gasteiger partial charge in [0.15, 0.2) is 0 Å². The SMILES string of the molecule is [2H]C([2H])([2H])c1cc2c3c(c1)N(c1ccc4c(c1)C(C)(C)CCC4(C)C)c1cc4c(cc1B3c1cc(C3CCCCC3)ccc1N2c1ccc(C(C)(C)C)cc1)C(C)(C)CCC4(C)C. The molecular weight excluding hydrogens is 723 g/mol. The van der Waals surface area contributed by atoms with E-state index < -0.39 is 6.85 Å². The van der Waals surface area contributed by atoms with Crippen LogP contribution in [0.2, 0.25) is 0 Å². The van der Waals surface area contributed by atoms with E-state index in [-0.39, 0.29) is 33.8 Å². The average Bonchev–Trinajstić information content (AvgIpc) is 3.23. The van der Waals surface area contributed by atoms with Crippen molar-refractivity contribution in [2.24, 2.45) is 0 Å². The lowest BCUT2D eigenvalue weighted by Crippen LogP contribution is -2.62. The zero-order valence-electron chi connectivity index (χ0n) is 41.5.